The van der Waals surface area contributed by atoms with Crippen LogP contribution in [0.3, 0.4) is 0 Å². The maximum atomic E-state index is 6.02. The first kappa shape index (κ1) is 13.1. The average molecular weight is 283 g/mol. The molecule has 0 unspecified atom stereocenters. The Balaban J connectivity index is 2.14. The molecule has 2 nitrogen and oxygen atoms in total. The lowest BCUT2D eigenvalue weighted by atomic mass is 10.2. The number of rotatable bonds is 4. The van der Waals surface area contributed by atoms with Gasteiger partial charge in [0.1, 0.15) is 18.1 Å². The van der Waals surface area contributed by atoms with E-state index in [1.807, 2.05) is 24.3 Å². The van der Waals surface area contributed by atoms with E-state index < -0.39 is 0 Å². The molecule has 0 aromatic heterocycles. The highest BCUT2D eigenvalue weighted by Gasteiger charge is 2.06. The summed E-state index contributed by atoms with van der Waals surface area (Å²) >= 11 is 11.9. The van der Waals surface area contributed by atoms with Crippen molar-refractivity contribution < 1.29 is 9.47 Å². The van der Waals surface area contributed by atoms with Gasteiger partial charge in [0.25, 0.3) is 0 Å². The molecule has 0 aliphatic carbocycles. The largest absolute Gasteiger partial charge is 0.496 e. The van der Waals surface area contributed by atoms with Crippen molar-refractivity contribution in [2.75, 3.05) is 7.11 Å². The van der Waals surface area contributed by atoms with Gasteiger partial charge < -0.3 is 9.47 Å². The molecule has 0 saturated heterocycles. The van der Waals surface area contributed by atoms with Crippen LogP contribution in [0, 0.1) is 0 Å². The van der Waals surface area contributed by atoms with Crippen LogP contribution in [0.5, 0.6) is 11.5 Å². The summed E-state index contributed by atoms with van der Waals surface area (Å²) in [4.78, 5) is 0. The van der Waals surface area contributed by atoms with Crippen molar-refractivity contribution in [1.82, 2.24) is 0 Å². The summed E-state index contributed by atoms with van der Waals surface area (Å²) in [5.74, 6) is 1.35. The lowest BCUT2D eigenvalue weighted by Gasteiger charge is -2.11. The van der Waals surface area contributed by atoms with E-state index in [0.29, 0.717) is 22.4 Å². The van der Waals surface area contributed by atoms with E-state index in [1.165, 1.54) is 0 Å². The van der Waals surface area contributed by atoms with Gasteiger partial charge in [-0.05, 0) is 18.2 Å². The molecule has 0 fully saturated rings. The van der Waals surface area contributed by atoms with Gasteiger partial charge in [0.15, 0.2) is 0 Å². The number of hydrogen-bond acceptors (Lipinski definition) is 2. The van der Waals surface area contributed by atoms with E-state index in [2.05, 4.69) is 0 Å². The zero-order valence-electron chi connectivity index (χ0n) is 9.82. The van der Waals surface area contributed by atoms with Gasteiger partial charge in [-0.2, -0.15) is 0 Å². The minimum absolute atomic E-state index is 0.379. The summed E-state index contributed by atoms with van der Waals surface area (Å²) in [6.45, 7) is 0.379. The van der Waals surface area contributed by atoms with Crippen molar-refractivity contribution in [3.63, 3.8) is 0 Å². The molecule has 0 aliphatic rings. The Morgan fingerprint density at radius 3 is 2.56 bits per heavy atom. The molecule has 2 rings (SSSR count). The molecular formula is C14H12Cl2O2. The van der Waals surface area contributed by atoms with Gasteiger partial charge >= 0.3 is 0 Å². The standard InChI is InChI=1S/C14H12Cl2O2/c1-17-13-5-3-2-4-10(13)9-18-14-8-11(15)6-7-12(14)16/h2-8H,9H2,1H3. The predicted molar refractivity (Wildman–Crippen MR) is 73.8 cm³/mol. The smallest absolute Gasteiger partial charge is 0.139 e. The summed E-state index contributed by atoms with van der Waals surface area (Å²) in [6, 6.07) is 12.8. The van der Waals surface area contributed by atoms with E-state index in [1.54, 1.807) is 25.3 Å². The molecule has 0 bridgehead atoms. The van der Waals surface area contributed by atoms with Crippen molar-refractivity contribution in [3.8, 4) is 11.5 Å². The number of para-hydroxylation sites is 1. The molecule has 4 heteroatoms. The fourth-order valence-corrected chi connectivity index (χ4v) is 1.90. The van der Waals surface area contributed by atoms with Gasteiger partial charge in [-0.15, -0.1) is 0 Å². The van der Waals surface area contributed by atoms with Crippen LogP contribution in [0.4, 0.5) is 0 Å². The number of halogens is 2. The topological polar surface area (TPSA) is 18.5 Å². The van der Waals surface area contributed by atoms with Crippen LogP contribution < -0.4 is 9.47 Å². The Labute approximate surface area is 116 Å². The van der Waals surface area contributed by atoms with Crippen LogP contribution in [0.25, 0.3) is 0 Å². The monoisotopic (exact) mass is 282 g/mol. The van der Waals surface area contributed by atoms with Crippen LogP contribution in [-0.2, 0) is 6.61 Å². The van der Waals surface area contributed by atoms with Crippen molar-refractivity contribution in [2.45, 2.75) is 6.61 Å². The molecule has 2 aromatic rings. The highest BCUT2D eigenvalue weighted by molar-refractivity contribution is 6.34. The third kappa shape index (κ3) is 3.09. The average Bonchev–Trinajstić information content (AvgIpc) is 2.40. The summed E-state index contributed by atoms with van der Waals surface area (Å²) in [7, 11) is 1.63. The molecule has 0 heterocycles. The molecule has 18 heavy (non-hydrogen) atoms. The van der Waals surface area contributed by atoms with E-state index in [9.17, 15) is 0 Å². The van der Waals surface area contributed by atoms with Crippen LogP contribution in [0.2, 0.25) is 10.0 Å². The van der Waals surface area contributed by atoms with Crippen LogP contribution in [-0.4, -0.2) is 7.11 Å². The first-order valence-electron chi connectivity index (χ1n) is 5.40. The third-order valence-corrected chi connectivity index (χ3v) is 3.02. The maximum Gasteiger partial charge on any atom is 0.139 e. The van der Waals surface area contributed by atoms with Crippen molar-refractivity contribution in [2.24, 2.45) is 0 Å². The maximum absolute atomic E-state index is 6.02. The summed E-state index contributed by atoms with van der Waals surface area (Å²) < 4.78 is 10.9. The Morgan fingerprint density at radius 2 is 1.78 bits per heavy atom. The van der Waals surface area contributed by atoms with Gasteiger partial charge in [-0.25, -0.2) is 0 Å². The zero-order chi connectivity index (χ0) is 13.0. The number of hydrogen-bond donors (Lipinski definition) is 0. The van der Waals surface area contributed by atoms with Gasteiger partial charge in [-0.3, -0.25) is 0 Å². The van der Waals surface area contributed by atoms with Crippen molar-refractivity contribution in [1.29, 1.82) is 0 Å². The Bertz CT molecular complexity index is 541. The fraction of sp³-hybridized carbons (Fsp3) is 0.143. The van der Waals surface area contributed by atoms with Crippen molar-refractivity contribution in [3.05, 3.63) is 58.1 Å². The summed E-state index contributed by atoms with van der Waals surface area (Å²) in [6.07, 6.45) is 0. The molecule has 0 atom stereocenters. The second kappa shape index (κ2) is 5.98. The minimum atomic E-state index is 0.379. The second-order valence-electron chi connectivity index (χ2n) is 3.68. The molecule has 0 amide bonds. The van der Waals surface area contributed by atoms with Crippen LogP contribution >= 0.6 is 23.2 Å². The Morgan fingerprint density at radius 1 is 1.00 bits per heavy atom. The SMILES string of the molecule is COc1ccccc1COc1cc(Cl)ccc1Cl. The van der Waals surface area contributed by atoms with Gasteiger partial charge in [0.2, 0.25) is 0 Å². The molecule has 0 spiro atoms. The molecule has 0 N–H and O–H groups in total. The normalized spacial score (nSPS) is 10.2. The highest BCUT2D eigenvalue weighted by atomic mass is 35.5. The second-order valence-corrected chi connectivity index (χ2v) is 4.52. The van der Waals surface area contributed by atoms with E-state index in [0.717, 1.165) is 11.3 Å². The molecular weight excluding hydrogens is 271 g/mol. The lowest BCUT2D eigenvalue weighted by molar-refractivity contribution is 0.297. The Hall–Kier alpha value is -1.38. The minimum Gasteiger partial charge on any atom is -0.496 e. The first-order valence-corrected chi connectivity index (χ1v) is 6.16. The number of methoxy groups -OCH3 is 1. The number of ether oxygens (including phenoxy) is 2. The fourth-order valence-electron chi connectivity index (χ4n) is 1.57. The quantitative estimate of drug-likeness (QED) is 0.817. The molecule has 0 saturated carbocycles. The molecule has 0 radical (unpaired) electrons. The molecule has 0 aliphatic heterocycles. The van der Waals surface area contributed by atoms with Gasteiger partial charge in [-0.1, -0.05) is 41.4 Å². The van der Waals surface area contributed by atoms with E-state index in [-0.39, 0.29) is 0 Å². The number of benzene rings is 2. The summed E-state index contributed by atoms with van der Waals surface area (Å²) in [5.41, 5.74) is 0.955. The van der Waals surface area contributed by atoms with Crippen molar-refractivity contribution >= 4 is 23.2 Å². The van der Waals surface area contributed by atoms with E-state index in [4.69, 9.17) is 32.7 Å². The zero-order valence-corrected chi connectivity index (χ0v) is 11.3. The van der Waals surface area contributed by atoms with Gasteiger partial charge in [0, 0.05) is 16.7 Å². The predicted octanol–water partition coefficient (Wildman–Crippen LogP) is 4.58. The van der Waals surface area contributed by atoms with Crippen LogP contribution in [0.1, 0.15) is 5.56 Å². The summed E-state index contributed by atoms with van der Waals surface area (Å²) in [5, 5.41) is 1.13. The van der Waals surface area contributed by atoms with Gasteiger partial charge in [0.05, 0.1) is 12.1 Å². The van der Waals surface area contributed by atoms with Crippen LogP contribution in [0.15, 0.2) is 42.5 Å². The Kier molecular flexibility index (Phi) is 4.34. The third-order valence-electron chi connectivity index (χ3n) is 2.47. The molecule has 94 valence electrons. The first-order chi connectivity index (χ1) is 8.70. The van der Waals surface area contributed by atoms with E-state index >= 15 is 0 Å². The highest BCUT2D eigenvalue weighted by Crippen LogP contribution is 2.29. The molecule has 2 aromatic carbocycles. The lowest BCUT2D eigenvalue weighted by Crippen LogP contribution is -1.98.